The number of ether oxygens (including phenoxy) is 1. The van der Waals surface area contributed by atoms with Crippen LogP contribution in [0, 0.1) is 0 Å². The van der Waals surface area contributed by atoms with Crippen LogP contribution in [-0.4, -0.2) is 31.7 Å². The first-order valence-electron chi connectivity index (χ1n) is 4.87. The molecule has 2 rings (SSSR count). The van der Waals surface area contributed by atoms with E-state index in [1.54, 1.807) is 0 Å². The van der Waals surface area contributed by atoms with Crippen LogP contribution in [0.4, 0.5) is 5.69 Å². The van der Waals surface area contributed by atoms with E-state index in [1.807, 2.05) is 23.9 Å². The lowest BCUT2D eigenvalue weighted by atomic mass is 10.2. The predicted octanol–water partition coefficient (Wildman–Crippen LogP) is 2.25. The summed E-state index contributed by atoms with van der Waals surface area (Å²) in [7, 11) is 0. The fraction of sp³-hybridized carbons (Fsp3) is 0.455. The predicted molar refractivity (Wildman–Crippen MR) is 62.5 cm³/mol. The van der Waals surface area contributed by atoms with Crippen molar-refractivity contribution in [1.29, 1.82) is 0 Å². The summed E-state index contributed by atoms with van der Waals surface area (Å²) >= 11 is 1.89. The van der Waals surface area contributed by atoms with E-state index in [0.717, 1.165) is 25.4 Å². The average molecular weight is 209 g/mol. The highest BCUT2D eigenvalue weighted by Gasteiger charge is 2.16. The van der Waals surface area contributed by atoms with Crippen molar-refractivity contribution in [3.05, 3.63) is 24.3 Å². The van der Waals surface area contributed by atoms with Gasteiger partial charge in [-0.3, -0.25) is 0 Å². The van der Waals surface area contributed by atoms with Crippen LogP contribution in [0.25, 0.3) is 0 Å². The molecule has 0 saturated heterocycles. The van der Waals surface area contributed by atoms with Crippen molar-refractivity contribution in [2.24, 2.45) is 0 Å². The number of rotatable bonds is 3. The third-order valence-electron chi connectivity index (χ3n) is 2.39. The zero-order chi connectivity index (χ0) is 9.80. The molecule has 1 aliphatic heterocycles. The number of benzene rings is 1. The molecule has 0 saturated carbocycles. The Morgan fingerprint density at radius 1 is 1.43 bits per heavy atom. The number of hydrogen-bond acceptors (Lipinski definition) is 3. The van der Waals surface area contributed by atoms with Gasteiger partial charge in [0.25, 0.3) is 0 Å². The molecule has 3 heteroatoms. The topological polar surface area (TPSA) is 12.5 Å². The summed E-state index contributed by atoms with van der Waals surface area (Å²) in [4.78, 5) is 2.40. The second-order valence-electron chi connectivity index (χ2n) is 3.30. The Morgan fingerprint density at radius 3 is 3.14 bits per heavy atom. The summed E-state index contributed by atoms with van der Waals surface area (Å²) in [6, 6.07) is 8.27. The van der Waals surface area contributed by atoms with Crippen molar-refractivity contribution in [3.8, 4) is 5.75 Å². The summed E-state index contributed by atoms with van der Waals surface area (Å²) in [6.45, 7) is 2.94. The molecule has 0 unspecified atom stereocenters. The molecule has 0 spiro atoms. The monoisotopic (exact) mass is 209 g/mol. The second kappa shape index (κ2) is 4.60. The molecular weight excluding hydrogens is 194 g/mol. The molecule has 1 heterocycles. The van der Waals surface area contributed by atoms with Crippen LogP contribution >= 0.6 is 11.8 Å². The normalized spacial score (nSPS) is 14.8. The molecule has 0 atom stereocenters. The fourth-order valence-corrected chi connectivity index (χ4v) is 2.06. The van der Waals surface area contributed by atoms with Crippen molar-refractivity contribution in [1.82, 2.24) is 0 Å². The standard InChI is InChI=1S/C11H15NOS/c1-14-9-7-12-6-8-13-11-5-3-2-4-10(11)12/h2-5H,6-9H2,1H3. The Balaban J connectivity index is 2.14. The molecule has 76 valence electrons. The maximum absolute atomic E-state index is 5.59. The molecule has 0 bridgehead atoms. The Hall–Kier alpha value is -0.830. The maximum Gasteiger partial charge on any atom is 0.142 e. The Bertz CT molecular complexity index is 303. The van der Waals surface area contributed by atoms with Crippen molar-refractivity contribution in [3.63, 3.8) is 0 Å². The Kier molecular flexibility index (Phi) is 3.19. The van der Waals surface area contributed by atoms with Gasteiger partial charge in [0, 0.05) is 12.3 Å². The number of fused-ring (bicyclic) bond motifs is 1. The molecular formula is C11H15NOS. The van der Waals surface area contributed by atoms with E-state index in [-0.39, 0.29) is 0 Å². The van der Waals surface area contributed by atoms with Crippen LogP contribution in [0.5, 0.6) is 5.75 Å². The third-order valence-corrected chi connectivity index (χ3v) is 2.98. The van der Waals surface area contributed by atoms with Gasteiger partial charge in [0.05, 0.1) is 12.2 Å². The van der Waals surface area contributed by atoms with Crippen molar-refractivity contribution in [2.75, 3.05) is 36.6 Å². The van der Waals surface area contributed by atoms with Crippen LogP contribution in [0.1, 0.15) is 0 Å². The van der Waals surface area contributed by atoms with Gasteiger partial charge in [-0.05, 0) is 18.4 Å². The van der Waals surface area contributed by atoms with Gasteiger partial charge in [0.1, 0.15) is 12.4 Å². The van der Waals surface area contributed by atoms with Gasteiger partial charge in [-0.25, -0.2) is 0 Å². The molecule has 0 fully saturated rings. The van der Waals surface area contributed by atoms with Gasteiger partial charge in [-0.2, -0.15) is 11.8 Å². The highest BCUT2D eigenvalue weighted by atomic mass is 32.2. The SMILES string of the molecule is CSCCN1CCOc2ccccc21. The van der Waals surface area contributed by atoms with E-state index >= 15 is 0 Å². The fourth-order valence-electron chi connectivity index (χ4n) is 1.66. The first-order chi connectivity index (χ1) is 6.92. The molecule has 0 aromatic heterocycles. The molecule has 0 amide bonds. The van der Waals surface area contributed by atoms with Crippen molar-refractivity contribution in [2.45, 2.75) is 0 Å². The van der Waals surface area contributed by atoms with Gasteiger partial charge in [0.2, 0.25) is 0 Å². The molecule has 1 aliphatic rings. The van der Waals surface area contributed by atoms with Crippen LogP contribution in [0.2, 0.25) is 0 Å². The lowest BCUT2D eigenvalue weighted by molar-refractivity contribution is 0.308. The lowest BCUT2D eigenvalue weighted by Gasteiger charge is -2.30. The first kappa shape index (κ1) is 9.71. The highest BCUT2D eigenvalue weighted by molar-refractivity contribution is 7.98. The Morgan fingerprint density at radius 2 is 2.29 bits per heavy atom. The molecule has 1 aromatic rings. The summed E-state index contributed by atoms with van der Waals surface area (Å²) in [5.41, 5.74) is 1.24. The largest absolute Gasteiger partial charge is 0.490 e. The minimum Gasteiger partial charge on any atom is -0.490 e. The summed E-state index contributed by atoms with van der Waals surface area (Å²) in [5, 5.41) is 0. The van der Waals surface area contributed by atoms with Crippen molar-refractivity contribution >= 4 is 17.4 Å². The summed E-state index contributed by atoms with van der Waals surface area (Å²) in [6.07, 6.45) is 2.15. The molecule has 14 heavy (non-hydrogen) atoms. The average Bonchev–Trinajstić information content (AvgIpc) is 2.26. The van der Waals surface area contributed by atoms with E-state index in [1.165, 1.54) is 11.4 Å². The van der Waals surface area contributed by atoms with Crippen LogP contribution in [-0.2, 0) is 0 Å². The molecule has 0 aliphatic carbocycles. The zero-order valence-electron chi connectivity index (χ0n) is 8.40. The third kappa shape index (κ3) is 1.98. The second-order valence-corrected chi connectivity index (χ2v) is 4.28. The van der Waals surface area contributed by atoms with Gasteiger partial charge in [0.15, 0.2) is 0 Å². The minimum absolute atomic E-state index is 0.811. The van der Waals surface area contributed by atoms with E-state index < -0.39 is 0 Å². The van der Waals surface area contributed by atoms with Gasteiger partial charge >= 0.3 is 0 Å². The smallest absolute Gasteiger partial charge is 0.142 e. The molecule has 1 aromatic carbocycles. The van der Waals surface area contributed by atoms with E-state index in [2.05, 4.69) is 23.3 Å². The quantitative estimate of drug-likeness (QED) is 0.757. The van der Waals surface area contributed by atoms with Gasteiger partial charge in [-0.1, -0.05) is 12.1 Å². The number of hydrogen-bond donors (Lipinski definition) is 0. The zero-order valence-corrected chi connectivity index (χ0v) is 9.22. The van der Waals surface area contributed by atoms with E-state index in [9.17, 15) is 0 Å². The number of thioether (sulfide) groups is 1. The minimum atomic E-state index is 0.811. The number of anilines is 1. The lowest BCUT2D eigenvalue weighted by Crippen LogP contribution is -2.34. The van der Waals surface area contributed by atoms with Gasteiger partial charge in [-0.15, -0.1) is 0 Å². The molecule has 0 radical (unpaired) electrons. The highest BCUT2D eigenvalue weighted by Crippen LogP contribution is 2.30. The van der Waals surface area contributed by atoms with Gasteiger partial charge < -0.3 is 9.64 Å². The number of nitrogens with zero attached hydrogens (tertiary/aromatic N) is 1. The van der Waals surface area contributed by atoms with Crippen LogP contribution in [0.15, 0.2) is 24.3 Å². The molecule has 2 nitrogen and oxygen atoms in total. The summed E-state index contributed by atoms with van der Waals surface area (Å²) in [5.74, 6) is 2.20. The van der Waals surface area contributed by atoms with E-state index in [4.69, 9.17) is 4.74 Å². The Labute approximate surface area is 89.2 Å². The van der Waals surface area contributed by atoms with E-state index in [0.29, 0.717) is 0 Å². The summed E-state index contributed by atoms with van der Waals surface area (Å²) < 4.78 is 5.59. The number of para-hydroxylation sites is 2. The first-order valence-corrected chi connectivity index (χ1v) is 6.27. The molecule has 0 N–H and O–H groups in total. The van der Waals surface area contributed by atoms with Crippen LogP contribution in [0.3, 0.4) is 0 Å². The van der Waals surface area contributed by atoms with Crippen molar-refractivity contribution < 1.29 is 4.74 Å². The van der Waals surface area contributed by atoms with Crippen LogP contribution < -0.4 is 9.64 Å². The maximum atomic E-state index is 5.59.